The predicted molar refractivity (Wildman–Crippen MR) is 142 cm³/mol. The number of methoxy groups -OCH3 is 1. The largest absolute Gasteiger partial charge is 0.497 e. The molecule has 1 spiro atoms. The summed E-state index contributed by atoms with van der Waals surface area (Å²) in [5.74, 6) is -0.197. The van der Waals surface area contributed by atoms with Gasteiger partial charge in [-0.3, -0.25) is 9.59 Å². The Balaban J connectivity index is 1.12. The summed E-state index contributed by atoms with van der Waals surface area (Å²) in [6.07, 6.45) is 4.49. The number of primary amides is 1. The first-order valence-electron chi connectivity index (χ1n) is 12.9. The molecule has 2 aliphatic carbocycles. The molecule has 2 fully saturated rings. The standard InChI is InChI=1S/C29H27F2N5O4/c1-39-19-5-2-4-16(10-19)17-7-8-21-23(11-17)36(28(30)31)35-24(21)26(38)34-18-12-29(13-18)14-20(15-29)40-27-22(25(32)37)6-3-9-33-27/h2-11,18,20,28H,12-15H2,1H3,(H2,32,37)(H,34,38). The molecule has 0 radical (unpaired) electrons. The zero-order valence-corrected chi connectivity index (χ0v) is 21.6. The number of amides is 2. The third kappa shape index (κ3) is 4.61. The van der Waals surface area contributed by atoms with Crippen LogP contribution in [0.1, 0.15) is 53.1 Å². The SMILES string of the molecule is COc1cccc(-c2ccc3c(C(=O)NC4CC5(C4)CC(Oc4ncccc4C(N)=O)C5)nn(C(F)F)c3c2)c1. The summed E-state index contributed by atoms with van der Waals surface area (Å²) in [6, 6.07) is 15.4. The molecule has 2 aromatic heterocycles. The lowest BCUT2D eigenvalue weighted by molar-refractivity contribution is -0.0848. The van der Waals surface area contributed by atoms with Gasteiger partial charge in [-0.1, -0.05) is 18.2 Å². The number of ether oxygens (including phenoxy) is 2. The monoisotopic (exact) mass is 547 g/mol. The fourth-order valence-electron chi connectivity index (χ4n) is 5.93. The van der Waals surface area contributed by atoms with Crippen LogP contribution in [0.4, 0.5) is 8.78 Å². The van der Waals surface area contributed by atoms with Gasteiger partial charge in [0.1, 0.15) is 17.4 Å². The summed E-state index contributed by atoms with van der Waals surface area (Å²) in [6.45, 7) is -2.90. The van der Waals surface area contributed by atoms with Gasteiger partial charge in [0.15, 0.2) is 5.69 Å². The van der Waals surface area contributed by atoms with E-state index in [1.807, 2.05) is 18.2 Å². The first-order chi connectivity index (χ1) is 19.2. The minimum Gasteiger partial charge on any atom is -0.497 e. The van der Waals surface area contributed by atoms with Crippen molar-refractivity contribution in [3.05, 3.63) is 72.1 Å². The van der Waals surface area contributed by atoms with Crippen LogP contribution in [-0.4, -0.2) is 45.8 Å². The fraction of sp³-hybridized carbons (Fsp3) is 0.310. The van der Waals surface area contributed by atoms with Crippen molar-refractivity contribution in [2.75, 3.05) is 7.11 Å². The third-order valence-corrected chi connectivity index (χ3v) is 7.84. The van der Waals surface area contributed by atoms with E-state index in [0.29, 0.717) is 21.4 Å². The number of fused-ring (bicyclic) bond motifs is 1. The predicted octanol–water partition coefficient (Wildman–Crippen LogP) is 4.72. The Hall–Kier alpha value is -4.54. The summed E-state index contributed by atoms with van der Waals surface area (Å²) in [7, 11) is 1.56. The number of hydrogen-bond donors (Lipinski definition) is 2. The van der Waals surface area contributed by atoms with E-state index < -0.39 is 18.4 Å². The number of carbonyl (C=O) groups is 2. The van der Waals surface area contributed by atoms with Crippen molar-refractivity contribution in [3.63, 3.8) is 0 Å². The van der Waals surface area contributed by atoms with Crippen molar-refractivity contribution in [1.29, 1.82) is 0 Å². The smallest absolute Gasteiger partial charge is 0.333 e. The second kappa shape index (κ2) is 9.89. The maximum atomic E-state index is 13.9. The van der Waals surface area contributed by atoms with Gasteiger partial charge in [0.25, 0.3) is 11.8 Å². The highest BCUT2D eigenvalue weighted by atomic mass is 19.3. The number of benzene rings is 2. The van der Waals surface area contributed by atoms with Gasteiger partial charge in [-0.2, -0.15) is 13.9 Å². The van der Waals surface area contributed by atoms with Crippen LogP contribution in [0.25, 0.3) is 22.0 Å². The lowest BCUT2D eigenvalue weighted by atomic mass is 9.53. The Morgan fingerprint density at radius 1 is 1.07 bits per heavy atom. The normalized spacial score (nSPS) is 21.6. The van der Waals surface area contributed by atoms with Crippen LogP contribution in [-0.2, 0) is 0 Å². The molecule has 2 heterocycles. The number of halogens is 2. The number of nitrogens with one attached hydrogen (secondary N) is 1. The number of pyridine rings is 1. The van der Waals surface area contributed by atoms with Crippen molar-refractivity contribution in [1.82, 2.24) is 20.1 Å². The maximum absolute atomic E-state index is 13.9. The second-order valence-corrected chi connectivity index (χ2v) is 10.5. The summed E-state index contributed by atoms with van der Waals surface area (Å²) in [4.78, 5) is 28.9. The molecule has 0 saturated heterocycles. The first kappa shape index (κ1) is 25.7. The summed E-state index contributed by atoms with van der Waals surface area (Å²) < 4.78 is 39.5. The van der Waals surface area contributed by atoms with E-state index in [2.05, 4.69) is 15.4 Å². The van der Waals surface area contributed by atoms with Crippen LogP contribution in [0.15, 0.2) is 60.8 Å². The van der Waals surface area contributed by atoms with E-state index >= 15 is 0 Å². The molecule has 11 heteroatoms. The number of carbonyl (C=O) groups excluding carboxylic acids is 2. The highest BCUT2D eigenvalue weighted by molar-refractivity contribution is 6.05. The molecule has 2 amide bonds. The fourth-order valence-corrected chi connectivity index (χ4v) is 5.93. The van der Waals surface area contributed by atoms with Gasteiger partial charge in [0.2, 0.25) is 5.88 Å². The quantitative estimate of drug-likeness (QED) is 0.329. The molecule has 0 aliphatic heterocycles. The molecule has 4 aromatic rings. The average Bonchev–Trinajstić information content (AvgIpc) is 3.30. The van der Waals surface area contributed by atoms with Crippen LogP contribution in [0, 0.1) is 5.41 Å². The van der Waals surface area contributed by atoms with Gasteiger partial charge in [-0.05, 0) is 78.6 Å². The van der Waals surface area contributed by atoms with E-state index in [1.54, 1.807) is 49.7 Å². The summed E-state index contributed by atoms with van der Waals surface area (Å²) in [5.41, 5.74) is 7.33. The van der Waals surface area contributed by atoms with Crippen LogP contribution in [0.3, 0.4) is 0 Å². The molecule has 40 heavy (non-hydrogen) atoms. The zero-order valence-electron chi connectivity index (χ0n) is 21.6. The van der Waals surface area contributed by atoms with E-state index in [-0.39, 0.29) is 40.2 Å². The molecule has 206 valence electrons. The minimum atomic E-state index is -2.90. The molecular weight excluding hydrogens is 520 g/mol. The Morgan fingerprint density at radius 3 is 2.58 bits per heavy atom. The van der Waals surface area contributed by atoms with Gasteiger partial charge < -0.3 is 20.5 Å². The second-order valence-electron chi connectivity index (χ2n) is 10.5. The van der Waals surface area contributed by atoms with Gasteiger partial charge in [0.05, 0.1) is 12.6 Å². The molecule has 9 nitrogen and oxygen atoms in total. The summed E-state index contributed by atoms with van der Waals surface area (Å²) >= 11 is 0. The van der Waals surface area contributed by atoms with Crippen molar-refractivity contribution >= 4 is 22.7 Å². The Morgan fingerprint density at radius 2 is 1.85 bits per heavy atom. The van der Waals surface area contributed by atoms with Crippen molar-refractivity contribution in [2.24, 2.45) is 11.1 Å². The number of nitrogens with two attached hydrogens (primary N) is 1. The minimum absolute atomic E-state index is 0.0302. The molecule has 0 bridgehead atoms. The van der Waals surface area contributed by atoms with E-state index in [0.717, 1.165) is 31.2 Å². The maximum Gasteiger partial charge on any atom is 0.333 e. The van der Waals surface area contributed by atoms with E-state index in [4.69, 9.17) is 15.2 Å². The van der Waals surface area contributed by atoms with Crippen LogP contribution < -0.4 is 20.5 Å². The van der Waals surface area contributed by atoms with Gasteiger partial charge in [-0.15, -0.1) is 0 Å². The first-order valence-corrected chi connectivity index (χ1v) is 12.9. The lowest BCUT2D eigenvalue weighted by Crippen LogP contribution is -2.58. The molecule has 0 atom stereocenters. The van der Waals surface area contributed by atoms with Gasteiger partial charge in [-0.25, -0.2) is 9.67 Å². The number of alkyl halides is 2. The van der Waals surface area contributed by atoms with Crippen LogP contribution in [0.2, 0.25) is 0 Å². The highest BCUT2D eigenvalue weighted by Gasteiger charge is 2.54. The molecule has 2 saturated carbocycles. The zero-order chi connectivity index (χ0) is 28.0. The highest BCUT2D eigenvalue weighted by Crippen LogP contribution is 2.56. The van der Waals surface area contributed by atoms with E-state index in [9.17, 15) is 18.4 Å². The molecule has 0 unspecified atom stereocenters. The Labute approximate surface area is 228 Å². The average molecular weight is 548 g/mol. The number of nitrogens with zero attached hydrogens (tertiary/aromatic N) is 3. The number of aromatic nitrogens is 3. The molecule has 2 aromatic carbocycles. The van der Waals surface area contributed by atoms with Crippen LogP contribution in [0.5, 0.6) is 11.6 Å². The molecule has 2 aliphatic rings. The lowest BCUT2D eigenvalue weighted by Gasteiger charge is -2.57. The number of rotatable bonds is 8. The van der Waals surface area contributed by atoms with Crippen LogP contribution >= 0.6 is 0 Å². The van der Waals surface area contributed by atoms with Gasteiger partial charge >= 0.3 is 6.55 Å². The Kier molecular flexibility index (Phi) is 6.36. The Bertz CT molecular complexity index is 1610. The molecule has 3 N–H and O–H groups in total. The molecule has 6 rings (SSSR count). The van der Waals surface area contributed by atoms with Crippen molar-refractivity contribution in [3.8, 4) is 22.8 Å². The van der Waals surface area contributed by atoms with Crippen molar-refractivity contribution in [2.45, 2.75) is 44.4 Å². The summed E-state index contributed by atoms with van der Waals surface area (Å²) in [5, 5.41) is 7.30. The van der Waals surface area contributed by atoms with Gasteiger partial charge in [0, 0.05) is 17.6 Å². The third-order valence-electron chi connectivity index (χ3n) is 7.84. The molecular formula is C29H27F2N5O4. The number of hydrogen-bond acceptors (Lipinski definition) is 6. The van der Waals surface area contributed by atoms with E-state index in [1.165, 1.54) is 0 Å². The van der Waals surface area contributed by atoms with Crippen molar-refractivity contribution < 1.29 is 27.8 Å². The topological polar surface area (TPSA) is 121 Å².